The van der Waals surface area contributed by atoms with Gasteiger partial charge in [0.2, 0.25) is 5.91 Å². The molecule has 0 bridgehead atoms. The van der Waals surface area contributed by atoms with Crippen molar-refractivity contribution in [2.75, 3.05) is 45.2 Å². The summed E-state index contributed by atoms with van der Waals surface area (Å²) in [7, 11) is 3.51. The molecule has 1 atom stereocenters. The molecule has 0 aliphatic carbocycles. The minimum atomic E-state index is 0. The zero-order valence-corrected chi connectivity index (χ0v) is 18.6. The van der Waals surface area contributed by atoms with Crippen LogP contribution in [-0.2, 0) is 4.79 Å². The van der Waals surface area contributed by atoms with Crippen molar-refractivity contribution in [1.29, 1.82) is 0 Å². The zero-order valence-electron chi connectivity index (χ0n) is 15.5. The second-order valence-corrected chi connectivity index (χ2v) is 6.59. The molecule has 0 radical (unpaired) electrons. The molecule has 1 unspecified atom stereocenters. The highest BCUT2D eigenvalue weighted by atomic mass is 127. The molecule has 2 heterocycles. The maximum Gasteiger partial charge on any atom is 0.223 e. The van der Waals surface area contributed by atoms with Gasteiger partial charge in [-0.2, -0.15) is 0 Å². The highest BCUT2D eigenvalue weighted by Crippen LogP contribution is 2.25. The second-order valence-electron chi connectivity index (χ2n) is 6.18. The molecule has 1 amide bonds. The summed E-state index contributed by atoms with van der Waals surface area (Å²) < 4.78 is 0. The van der Waals surface area contributed by atoms with Crippen molar-refractivity contribution < 1.29 is 4.79 Å². The number of amides is 1. The van der Waals surface area contributed by atoms with Gasteiger partial charge in [-0.05, 0) is 25.5 Å². The Labute approximate surface area is 177 Å². The zero-order chi connectivity index (χ0) is 18.2. The minimum absolute atomic E-state index is 0. The molecule has 26 heavy (non-hydrogen) atoms. The third-order valence-electron chi connectivity index (χ3n) is 4.01. The van der Waals surface area contributed by atoms with E-state index < -0.39 is 0 Å². The lowest BCUT2D eigenvalue weighted by atomic mass is 10.3. The van der Waals surface area contributed by atoms with Gasteiger partial charge < -0.3 is 20.4 Å². The highest BCUT2D eigenvalue weighted by molar-refractivity contribution is 14.0. The number of nitrogens with zero attached hydrogens (tertiary/aromatic N) is 4. The Kier molecular flexibility index (Phi) is 10.0. The number of guanidine groups is 1. The maximum atomic E-state index is 11.6. The van der Waals surface area contributed by atoms with E-state index in [2.05, 4.69) is 25.5 Å². The Morgan fingerprint density at radius 1 is 1.50 bits per heavy atom. The molecule has 0 aromatic carbocycles. The normalized spacial score (nSPS) is 16.8. The molecule has 0 saturated carbocycles. The van der Waals surface area contributed by atoms with Gasteiger partial charge in [-0.3, -0.25) is 9.79 Å². The largest absolute Gasteiger partial charge is 0.357 e. The second kappa shape index (κ2) is 11.4. The fourth-order valence-electron chi connectivity index (χ4n) is 2.68. The first-order chi connectivity index (χ1) is 12.0. The van der Waals surface area contributed by atoms with Gasteiger partial charge in [0.1, 0.15) is 5.82 Å². The van der Waals surface area contributed by atoms with Crippen molar-refractivity contribution in [3.05, 3.63) is 23.4 Å². The molecular weight excluding hydrogens is 467 g/mol. The van der Waals surface area contributed by atoms with Gasteiger partial charge in [0.15, 0.2) is 5.96 Å². The van der Waals surface area contributed by atoms with Crippen molar-refractivity contribution >= 4 is 53.3 Å². The van der Waals surface area contributed by atoms with E-state index in [9.17, 15) is 4.79 Å². The smallest absolute Gasteiger partial charge is 0.223 e. The van der Waals surface area contributed by atoms with E-state index >= 15 is 0 Å². The van der Waals surface area contributed by atoms with Gasteiger partial charge in [0, 0.05) is 52.4 Å². The van der Waals surface area contributed by atoms with Crippen LogP contribution < -0.4 is 15.5 Å². The molecule has 1 aromatic rings. The van der Waals surface area contributed by atoms with Gasteiger partial charge >= 0.3 is 0 Å². The quantitative estimate of drug-likeness (QED) is 0.359. The third-order valence-corrected chi connectivity index (χ3v) is 4.30. The van der Waals surface area contributed by atoms with Crippen molar-refractivity contribution in [1.82, 2.24) is 20.5 Å². The molecule has 0 spiro atoms. The molecule has 2 rings (SSSR count). The molecule has 1 aliphatic heterocycles. The van der Waals surface area contributed by atoms with E-state index in [4.69, 9.17) is 11.6 Å². The standard InChI is InChI=1S/C17H27ClN6O.HI/c1-4-19-17(21-10-7-15(25)23(2)3)22-13-8-11-24(12-13)16-14(18)6-5-9-20-16;/h5-6,9,13H,4,7-8,10-12H2,1-3H3,(H2,19,21,22);1H. The molecule has 2 N–H and O–H groups in total. The highest BCUT2D eigenvalue weighted by Gasteiger charge is 2.25. The number of hydrogen-bond acceptors (Lipinski definition) is 4. The van der Waals surface area contributed by atoms with E-state index in [0.29, 0.717) is 18.0 Å². The number of hydrogen-bond donors (Lipinski definition) is 2. The van der Waals surface area contributed by atoms with Crippen molar-refractivity contribution in [3.63, 3.8) is 0 Å². The molecule has 9 heteroatoms. The van der Waals surface area contributed by atoms with Crippen molar-refractivity contribution in [3.8, 4) is 0 Å². The number of carbonyl (C=O) groups is 1. The van der Waals surface area contributed by atoms with Crippen LogP contribution in [0.5, 0.6) is 0 Å². The topological polar surface area (TPSA) is 72.9 Å². The lowest BCUT2D eigenvalue weighted by molar-refractivity contribution is -0.128. The Hall–Kier alpha value is -1.29. The first-order valence-electron chi connectivity index (χ1n) is 8.61. The molecule has 1 aliphatic rings. The lowest BCUT2D eigenvalue weighted by Crippen LogP contribution is -2.44. The molecule has 1 saturated heterocycles. The van der Waals surface area contributed by atoms with Crippen LogP contribution in [-0.4, -0.2) is 68.1 Å². The maximum absolute atomic E-state index is 11.6. The average molecular weight is 495 g/mol. The van der Waals surface area contributed by atoms with Crippen LogP contribution in [0.1, 0.15) is 19.8 Å². The molecule has 1 fully saturated rings. The average Bonchev–Trinajstić information content (AvgIpc) is 3.03. The number of aromatic nitrogens is 1. The van der Waals surface area contributed by atoms with Crippen LogP contribution in [0.25, 0.3) is 0 Å². The fraction of sp³-hybridized carbons (Fsp3) is 0.588. The number of aliphatic imine (C=N–C) groups is 1. The van der Waals surface area contributed by atoms with Crippen LogP contribution >= 0.6 is 35.6 Å². The number of halogens is 2. The summed E-state index contributed by atoms with van der Waals surface area (Å²) in [6.07, 6.45) is 3.15. The number of anilines is 1. The van der Waals surface area contributed by atoms with E-state index in [1.54, 1.807) is 25.2 Å². The summed E-state index contributed by atoms with van der Waals surface area (Å²) in [6.45, 7) is 4.98. The van der Waals surface area contributed by atoms with Crippen LogP contribution in [0, 0.1) is 0 Å². The Morgan fingerprint density at radius 3 is 2.92 bits per heavy atom. The Bertz CT molecular complexity index is 613. The summed E-state index contributed by atoms with van der Waals surface area (Å²) in [4.78, 5) is 24.3. The monoisotopic (exact) mass is 494 g/mol. The Morgan fingerprint density at radius 2 is 2.27 bits per heavy atom. The van der Waals surface area contributed by atoms with Gasteiger partial charge in [-0.15, -0.1) is 24.0 Å². The van der Waals surface area contributed by atoms with Crippen LogP contribution in [0.15, 0.2) is 23.3 Å². The SMILES string of the molecule is CCNC(=NCCC(=O)N(C)C)NC1CCN(c2ncccc2Cl)C1.I. The van der Waals surface area contributed by atoms with Crippen molar-refractivity contribution in [2.24, 2.45) is 4.99 Å². The first kappa shape index (κ1) is 22.8. The molecule has 146 valence electrons. The number of pyridine rings is 1. The van der Waals surface area contributed by atoms with Crippen LogP contribution in [0.4, 0.5) is 5.82 Å². The van der Waals surface area contributed by atoms with E-state index in [1.807, 2.05) is 19.1 Å². The van der Waals surface area contributed by atoms with Gasteiger partial charge in [-0.1, -0.05) is 11.6 Å². The van der Waals surface area contributed by atoms with Crippen LogP contribution in [0.3, 0.4) is 0 Å². The predicted octanol–water partition coefficient (Wildman–Crippen LogP) is 1.97. The molecular formula is C17H28ClIN6O. The lowest BCUT2D eigenvalue weighted by Gasteiger charge is -2.20. The fourth-order valence-corrected chi connectivity index (χ4v) is 2.92. The summed E-state index contributed by atoms with van der Waals surface area (Å²) in [5, 5.41) is 7.34. The Balaban J connectivity index is 0.00000338. The summed E-state index contributed by atoms with van der Waals surface area (Å²) in [5.74, 6) is 1.65. The number of carbonyl (C=O) groups excluding carboxylic acids is 1. The van der Waals surface area contributed by atoms with Gasteiger partial charge in [-0.25, -0.2) is 4.98 Å². The minimum Gasteiger partial charge on any atom is -0.357 e. The number of nitrogens with one attached hydrogen (secondary N) is 2. The van der Waals surface area contributed by atoms with Crippen LogP contribution in [0.2, 0.25) is 5.02 Å². The summed E-state index contributed by atoms with van der Waals surface area (Å²) in [5.41, 5.74) is 0. The summed E-state index contributed by atoms with van der Waals surface area (Å²) in [6, 6.07) is 3.96. The summed E-state index contributed by atoms with van der Waals surface area (Å²) >= 11 is 6.23. The van der Waals surface area contributed by atoms with Gasteiger partial charge in [0.05, 0.1) is 11.6 Å². The first-order valence-corrected chi connectivity index (χ1v) is 8.99. The van der Waals surface area contributed by atoms with E-state index in [1.165, 1.54) is 0 Å². The molecule has 7 nitrogen and oxygen atoms in total. The molecule has 1 aromatic heterocycles. The number of rotatable bonds is 6. The van der Waals surface area contributed by atoms with E-state index in [0.717, 1.165) is 37.8 Å². The van der Waals surface area contributed by atoms with Crippen molar-refractivity contribution in [2.45, 2.75) is 25.8 Å². The third kappa shape index (κ3) is 6.79. The van der Waals surface area contributed by atoms with Gasteiger partial charge in [0.25, 0.3) is 0 Å². The predicted molar refractivity (Wildman–Crippen MR) is 118 cm³/mol. The van der Waals surface area contributed by atoms with E-state index in [-0.39, 0.29) is 35.9 Å².